The zero-order valence-electron chi connectivity index (χ0n) is 16.9. The van der Waals surface area contributed by atoms with Gasteiger partial charge in [0.05, 0.1) is 30.8 Å². The van der Waals surface area contributed by atoms with E-state index in [1.165, 1.54) is 14.2 Å². The summed E-state index contributed by atoms with van der Waals surface area (Å²) in [6.45, 7) is 0.163. The molecule has 1 fully saturated rings. The zero-order chi connectivity index (χ0) is 22.4. The van der Waals surface area contributed by atoms with Crippen LogP contribution in [0.15, 0.2) is 47.4 Å². The number of methoxy groups -OCH3 is 2. The SMILES string of the molecule is COc1ccc(/C=C2/SC(=O)N(CCNC(=O)c3ccc(C#N)cc3)C2=O)cc1OC. The highest BCUT2D eigenvalue weighted by Gasteiger charge is 2.34. The monoisotopic (exact) mass is 437 g/mol. The summed E-state index contributed by atoms with van der Waals surface area (Å²) in [6, 6.07) is 13.3. The molecule has 0 saturated carbocycles. The van der Waals surface area contributed by atoms with Crippen molar-refractivity contribution in [1.82, 2.24) is 10.2 Å². The summed E-state index contributed by atoms with van der Waals surface area (Å²) in [5.41, 5.74) is 1.54. The fourth-order valence-corrected chi connectivity index (χ4v) is 3.73. The zero-order valence-corrected chi connectivity index (χ0v) is 17.7. The Bertz CT molecular complexity index is 1090. The molecule has 1 N–H and O–H groups in total. The molecule has 1 heterocycles. The molecule has 9 heteroatoms. The molecule has 31 heavy (non-hydrogen) atoms. The van der Waals surface area contributed by atoms with Crippen molar-refractivity contribution in [3.63, 3.8) is 0 Å². The van der Waals surface area contributed by atoms with Crippen molar-refractivity contribution in [2.45, 2.75) is 0 Å². The smallest absolute Gasteiger partial charge is 0.293 e. The number of nitrogens with zero attached hydrogens (tertiary/aromatic N) is 2. The van der Waals surface area contributed by atoms with Gasteiger partial charge in [-0.05, 0) is 59.8 Å². The minimum atomic E-state index is -0.419. The number of ether oxygens (including phenoxy) is 2. The first kappa shape index (κ1) is 21.9. The van der Waals surface area contributed by atoms with Crippen LogP contribution in [-0.4, -0.2) is 49.3 Å². The summed E-state index contributed by atoms with van der Waals surface area (Å²) < 4.78 is 10.5. The fraction of sp³-hybridized carbons (Fsp3) is 0.182. The fourth-order valence-electron chi connectivity index (χ4n) is 2.87. The molecular weight excluding hydrogens is 418 g/mol. The maximum atomic E-state index is 12.6. The lowest BCUT2D eigenvalue weighted by Crippen LogP contribution is -2.37. The minimum Gasteiger partial charge on any atom is -0.493 e. The number of nitrogens with one attached hydrogen (secondary N) is 1. The van der Waals surface area contributed by atoms with Crippen LogP contribution in [0, 0.1) is 11.3 Å². The predicted octanol–water partition coefficient (Wildman–Crippen LogP) is 3.04. The van der Waals surface area contributed by atoms with Crippen LogP contribution in [0.4, 0.5) is 4.79 Å². The minimum absolute atomic E-state index is 0.0515. The molecule has 8 nitrogen and oxygen atoms in total. The molecule has 1 aliphatic rings. The van der Waals surface area contributed by atoms with Crippen LogP contribution in [0.5, 0.6) is 11.5 Å². The number of rotatable bonds is 7. The lowest BCUT2D eigenvalue weighted by molar-refractivity contribution is -0.122. The molecule has 3 rings (SSSR count). The Kier molecular flexibility index (Phi) is 6.95. The second-order valence-corrected chi connectivity index (χ2v) is 7.39. The summed E-state index contributed by atoms with van der Waals surface area (Å²) in [4.78, 5) is 38.5. The number of carbonyl (C=O) groups is 3. The molecule has 1 aliphatic heterocycles. The van der Waals surface area contributed by atoms with Gasteiger partial charge in [0.15, 0.2) is 11.5 Å². The van der Waals surface area contributed by atoms with Crippen molar-refractivity contribution < 1.29 is 23.9 Å². The Morgan fingerprint density at radius 1 is 1.13 bits per heavy atom. The van der Waals surface area contributed by atoms with Gasteiger partial charge in [-0.2, -0.15) is 5.26 Å². The van der Waals surface area contributed by atoms with E-state index >= 15 is 0 Å². The van der Waals surface area contributed by atoms with E-state index in [1.54, 1.807) is 48.5 Å². The van der Waals surface area contributed by atoms with E-state index in [0.717, 1.165) is 16.7 Å². The van der Waals surface area contributed by atoms with Gasteiger partial charge >= 0.3 is 0 Å². The van der Waals surface area contributed by atoms with Gasteiger partial charge in [-0.1, -0.05) is 6.07 Å². The van der Waals surface area contributed by atoms with E-state index in [-0.39, 0.29) is 23.9 Å². The molecule has 3 amide bonds. The summed E-state index contributed by atoms with van der Waals surface area (Å²) in [5.74, 6) is 0.307. The molecule has 0 spiro atoms. The number of amides is 3. The predicted molar refractivity (Wildman–Crippen MR) is 116 cm³/mol. The molecule has 1 saturated heterocycles. The van der Waals surface area contributed by atoms with Gasteiger partial charge in [-0.3, -0.25) is 19.3 Å². The van der Waals surface area contributed by atoms with E-state index < -0.39 is 11.1 Å². The Labute approximate surface area is 183 Å². The quantitative estimate of drug-likeness (QED) is 0.663. The number of nitriles is 1. The van der Waals surface area contributed by atoms with Crippen molar-refractivity contribution in [2.75, 3.05) is 27.3 Å². The van der Waals surface area contributed by atoms with E-state index in [2.05, 4.69) is 5.32 Å². The Hall–Kier alpha value is -3.77. The third kappa shape index (κ3) is 5.05. The average molecular weight is 437 g/mol. The normalized spacial score (nSPS) is 14.5. The molecule has 0 aromatic heterocycles. The molecule has 0 aliphatic carbocycles. The summed E-state index contributed by atoms with van der Waals surface area (Å²) in [6.07, 6.45) is 1.61. The van der Waals surface area contributed by atoms with Crippen LogP contribution in [0.3, 0.4) is 0 Å². The lowest BCUT2D eigenvalue weighted by Gasteiger charge is -2.13. The van der Waals surface area contributed by atoms with Crippen LogP contribution in [0.1, 0.15) is 21.5 Å². The van der Waals surface area contributed by atoms with E-state index in [1.807, 2.05) is 6.07 Å². The molecule has 2 aromatic rings. The highest BCUT2D eigenvalue weighted by molar-refractivity contribution is 8.18. The van der Waals surface area contributed by atoms with Gasteiger partial charge in [-0.25, -0.2) is 0 Å². The molecule has 0 radical (unpaired) electrons. The third-order valence-corrected chi connectivity index (χ3v) is 5.38. The molecule has 158 valence electrons. The first-order chi connectivity index (χ1) is 15.0. The third-order valence-electron chi connectivity index (χ3n) is 4.48. The number of thioether (sulfide) groups is 1. The van der Waals surface area contributed by atoms with Gasteiger partial charge in [0.2, 0.25) is 0 Å². The van der Waals surface area contributed by atoms with Crippen LogP contribution in [0.25, 0.3) is 6.08 Å². The molecule has 0 atom stereocenters. The van der Waals surface area contributed by atoms with E-state index in [0.29, 0.717) is 28.2 Å². The number of imide groups is 1. The van der Waals surface area contributed by atoms with Crippen molar-refractivity contribution in [2.24, 2.45) is 0 Å². The van der Waals surface area contributed by atoms with Crippen LogP contribution >= 0.6 is 11.8 Å². The summed E-state index contributed by atoms with van der Waals surface area (Å²) in [5, 5.41) is 11.1. The standard InChI is InChI=1S/C22H19N3O5S/c1-29-17-8-5-15(11-18(17)30-2)12-19-21(27)25(22(28)31-19)10-9-24-20(26)16-6-3-14(13-23)4-7-16/h3-8,11-12H,9-10H2,1-2H3,(H,24,26)/b19-12+. The van der Waals surface area contributed by atoms with Crippen molar-refractivity contribution in [1.29, 1.82) is 5.26 Å². The summed E-state index contributed by atoms with van der Waals surface area (Å²) in [7, 11) is 3.05. The summed E-state index contributed by atoms with van der Waals surface area (Å²) >= 11 is 0.842. The first-order valence-corrected chi connectivity index (χ1v) is 10.0. The second-order valence-electron chi connectivity index (χ2n) is 6.39. The van der Waals surface area contributed by atoms with Gasteiger partial charge in [0, 0.05) is 18.7 Å². The van der Waals surface area contributed by atoms with Crippen LogP contribution in [0.2, 0.25) is 0 Å². The van der Waals surface area contributed by atoms with Crippen molar-refractivity contribution in [3.8, 4) is 17.6 Å². The van der Waals surface area contributed by atoms with Crippen molar-refractivity contribution in [3.05, 3.63) is 64.1 Å². The second kappa shape index (κ2) is 9.82. The largest absolute Gasteiger partial charge is 0.493 e. The number of carbonyl (C=O) groups excluding carboxylic acids is 3. The molecule has 0 unspecified atom stereocenters. The lowest BCUT2D eigenvalue weighted by atomic mass is 10.1. The molecule has 2 aromatic carbocycles. The van der Waals surface area contributed by atoms with Gasteiger partial charge in [0.1, 0.15) is 0 Å². The molecule has 0 bridgehead atoms. The highest BCUT2D eigenvalue weighted by Crippen LogP contribution is 2.34. The number of hydrogen-bond donors (Lipinski definition) is 1. The maximum Gasteiger partial charge on any atom is 0.293 e. The van der Waals surface area contributed by atoms with E-state index in [4.69, 9.17) is 14.7 Å². The number of hydrogen-bond acceptors (Lipinski definition) is 7. The van der Waals surface area contributed by atoms with Gasteiger partial charge in [-0.15, -0.1) is 0 Å². The van der Waals surface area contributed by atoms with Crippen LogP contribution in [-0.2, 0) is 4.79 Å². The van der Waals surface area contributed by atoms with Gasteiger partial charge in [0.25, 0.3) is 17.1 Å². The van der Waals surface area contributed by atoms with Crippen LogP contribution < -0.4 is 14.8 Å². The number of benzene rings is 2. The molecular formula is C22H19N3O5S. The average Bonchev–Trinajstić information content (AvgIpc) is 3.06. The Morgan fingerprint density at radius 3 is 2.48 bits per heavy atom. The topological polar surface area (TPSA) is 109 Å². The first-order valence-electron chi connectivity index (χ1n) is 9.22. The maximum absolute atomic E-state index is 12.6. The highest BCUT2D eigenvalue weighted by atomic mass is 32.2. The van der Waals surface area contributed by atoms with E-state index in [9.17, 15) is 14.4 Å². The Morgan fingerprint density at radius 2 is 1.84 bits per heavy atom. The van der Waals surface area contributed by atoms with Crippen molar-refractivity contribution >= 4 is 34.9 Å². The van der Waals surface area contributed by atoms with Gasteiger partial charge < -0.3 is 14.8 Å². The Balaban J connectivity index is 1.61.